The summed E-state index contributed by atoms with van der Waals surface area (Å²) in [5.74, 6) is 0.617. The fourth-order valence-electron chi connectivity index (χ4n) is 10.1. The number of carbonyl (C=O) groups is 3. The summed E-state index contributed by atoms with van der Waals surface area (Å²) >= 11 is 0. The first kappa shape index (κ1) is 43.4. The van der Waals surface area contributed by atoms with Crippen LogP contribution >= 0.6 is 21.6 Å². The molecule has 0 aromatic heterocycles. The number of likely N-dealkylation sites (N-methyl/N-ethyl adjacent to an activating group) is 1. The molecule has 1 unspecified atom stereocenters. The molecule has 4 aliphatic heterocycles. The molecule has 0 spiro atoms. The van der Waals surface area contributed by atoms with E-state index in [-0.39, 0.29) is 36.0 Å². The van der Waals surface area contributed by atoms with E-state index in [9.17, 15) is 29.7 Å². The zero-order valence-electron chi connectivity index (χ0n) is 33.6. The topological polar surface area (TPSA) is 176 Å². The van der Waals surface area contributed by atoms with E-state index < -0.39 is 46.8 Å². The van der Waals surface area contributed by atoms with E-state index in [4.69, 9.17) is 14.2 Å². The number of piperidine rings is 2. The van der Waals surface area contributed by atoms with Gasteiger partial charge in [0.1, 0.15) is 17.7 Å². The van der Waals surface area contributed by atoms with Gasteiger partial charge in [-0.05, 0) is 128 Å². The highest BCUT2D eigenvalue weighted by Crippen LogP contribution is 2.47. The molecule has 4 fully saturated rings. The minimum atomic E-state index is -1.10. The van der Waals surface area contributed by atoms with Crippen molar-refractivity contribution in [1.29, 1.82) is 0 Å². The van der Waals surface area contributed by atoms with E-state index in [1.54, 1.807) is 27.7 Å². The van der Waals surface area contributed by atoms with Crippen LogP contribution in [0.15, 0.2) is 12.1 Å². The molecule has 314 valence electrons. The van der Waals surface area contributed by atoms with Crippen LogP contribution in [0, 0.1) is 17.3 Å². The molecule has 6 rings (SSSR count). The van der Waals surface area contributed by atoms with Crippen molar-refractivity contribution in [3.05, 3.63) is 23.3 Å². The van der Waals surface area contributed by atoms with Crippen LogP contribution in [0.1, 0.15) is 115 Å². The molecule has 4 heterocycles. The zero-order valence-corrected chi connectivity index (χ0v) is 35.2. The minimum Gasteiger partial charge on any atom is -0.504 e. The first-order valence-electron chi connectivity index (χ1n) is 21.0. The smallest absolute Gasteiger partial charge is 0.332 e. The Morgan fingerprint density at radius 1 is 1.02 bits per heavy atom. The fraction of sp³-hybridized carbons (Fsp3) is 0.786. The lowest BCUT2D eigenvalue weighted by molar-refractivity contribution is -0.180. The molecule has 1 amide bonds. The molecule has 6 N–H and O–H groups in total. The van der Waals surface area contributed by atoms with Gasteiger partial charge in [0.15, 0.2) is 11.5 Å². The van der Waals surface area contributed by atoms with Gasteiger partial charge in [-0.15, -0.1) is 0 Å². The van der Waals surface area contributed by atoms with E-state index in [0.29, 0.717) is 101 Å². The van der Waals surface area contributed by atoms with Crippen molar-refractivity contribution in [3.8, 4) is 11.5 Å². The molecule has 14 heteroatoms. The molecule has 3 saturated heterocycles. The standard InChI is InChI=1S/C42H65N3O9S2/c1-27(46)53-35(28-9-12-33(47)32(43-3)25-55-56-26-40(2,51)17-15-28)23-36(54-39(50)42-16-5-4-7-30(42)11-14-37(49)45-42)41(18-20-44-21-19-41)24-29-10-13-34(48)38-31(29)8-6-22-52-38/h10,13,28,30,32-33,35-36,43-44,47-48,51H,4-9,11-12,14-26H2,1-3H3,(H,45,49)/t28?,30-,32+,33+,35-,36+,40-,42-/m0/s1. The first-order chi connectivity index (χ1) is 26.8. The van der Waals surface area contributed by atoms with Gasteiger partial charge in [-0.1, -0.05) is 40.5 Å². The Bertz CT molecular complexity index is 1520. The van der Waals surface area contributed by atoms with Gasteiger partial charge in [0, 0.05) is 48.3 Å². The number of amides is 1. The summed E-state index contributed by atoms with van der Waals surface area (Å²) in [6, 6.07) is 3.51. The third-order valence-corrected chi connectivity index (χ3v) is 16.1. The minimum absolute atomic E-state index is 0.0113. The lowest BCUT2D eigenvalue weighted by atomic mass is 9.66. The average Bonchev–Trinajstić information content (AvgIpc) is 3.18. The molecule has 5 aliphatic rings. The van der Waals surface area contributed by atoms with Crippen molar-refractivity contribution in [1.82, 2.24) is 16.0 Å². The first-order valence-corrected chi connectivity index (χ1v) is 23.5. The number of nitrogens with one attached hydrogen (secondary N) is 3. The van der Waals surface area contributed by atoms with Gasteiger partial charge in [-0.3, -0.25) is 9.59 Å². The van der Waals surface area contributed by atoms with Crippen LogP contribution in [0.25, 0.3) is 0 Å². The number of aromatic hydroxyl groups is 1. The van der Waals surface area contributed by atoms with Gasteiger partial charge < -0.3 is 45.5 Å². The van der Waals surface area contributed by atoms with E-state index in [2.05, 4.69) is 16.0 Å². The second-order valence-corrected chi connectivity index (χ2v) is 20.0. The highest BCUT2D eigenvalue weighted by atomic mass is 33.1. The molecular formula is C42H65N3O9S2. The average molecular weight is 820 g/mol. The summed E-state index contributed by atoms with van der Waals surface area (Å²) < 4.78 is 19.2. The molecule has 56 heavy (non-hydrogen) atoms. The number of phenols is 1. The monoisotopic (exact) mass is 819 g/mol. The van der Waals surface area contributed by atoms with Crippen LogP contribution < -0.4 is 20.7 Å². The summed E-state index contributed by atoms with van der Waals surface area (Å²) in [5.41, 5.74) is -0.617. The Morgan fingerprint density at radius 2 is 1.82 bits per heavy atom. The Morgan fingerprint density at radius 3 is 2.59 bits per heavy atom. The number of fused-ring (bicyclic) bond motifs is 2. The van der Waals surface area contributed by atoms with Gasteiger partial charge in [0.25, 0.3) is 0 Å². The number of ether oxygens (including phenoxy) is 3. The SMILES string of the molecule is CN[C@@H]1CSSC[C@@](C)(O)CCC([C@H](C[C@@H](OC(=O)[C@]23CCCC[C@H]2CCC(=O)N3)C2(Cc3ccc(O)c4c3CCCO4)CCNCC2)OC(C)=O)CC[C@H]1O. The van der Waals surface area contributed by atoms with Gasteiger partial charge in [0.2, 0.25) is 5.91 Å². The Hall–Kier alpha value is -2.23. The largest absolute Gasteiger partial charge is 0.504 e. The van der Waals surface area contributed by atoms with E-state index in [1.165, 1.54) is 6.92 Å². The summed E-state index contributed by atoms with van der Waals surface area (Å²) in [4.78, 5) is 41.0. The van der Waals surface area contributed by atoms with Crippen LogP contribution in [0.2, 0.25) is 0 Å². The number of aliphatic hydroxyl groups excluding tert-OH is 1. The van der Waals surface area contributed by atoms with Crippen LogP contribution in [0.3, 0.4) is 0 Å². The van der Waals surface area contributed by atoms with Gasteiger partial charge >= 0.3 is 11.9 Å². The summed E-state index contributed by atoms with van der Waals surface area (Å²) in [5, 5.41) is 43.5. The summed E-state index contributed by atoms with van der Waals surface area (Å²) in [6.45, 7) is 5.20. The molecule has 1 aliphatic carbocycles. The Labute approximate surface area is 340 Å². The number of aliphatic hydroxyl groups is 2. The predicted octanol–water partition coefficient (Wildman–Crippen LogP) is 4.97. The number of phenolic OH excluding ortho intramolecular Hbond substituents is 1. The van der Waals surface area contributed by atoms with E-state index in [1.807, 2.05) is 20.0 Å². The maximum atomic E-state index is 15.0. The van der Waals surface area contributed by atoms with Gasteiger partial charge in [-0.25, -0.2) is 4.79 Å². The molecular weight excluding hydrogens is 755 g/mol. The molecule has 8 atom stereocenters. The summed E-state index contributed by atoms with van der Waals surface area (Å²) in [7, 11) is 5.09. The van der Waals surface area contributed by atoms with Crippen molar-refractivity contribution in [2.75, 3.05) is 38.2 Å². The van der Waals surface area contributed by atoms with Gasteiger partial charge in [0.05, 0.1) is 18.3 Å². The Balaban J connectivity index is 1.40. The van der Waals surface area contributed by atoms with Crippen LogP contribution in [-0.2, 0) is 36.7 Å². The highest BCUT2D eigenvalue weighted by Gasteiger charge is 2.54. The molecule has 1 aromatic rings. The van der Waals surface area contributed by atoms with Crippen molar-refractivity contribution >= 4 is 39.4 Å². The third-order valence-electron chi connectivity index (χ3n) is 13.5. The van der Waals surface area contributed by atoms with Crippen molar-refractivity contribution < 1.29 is 43.9 Å². The van der Waals surface area contributed by atoms with Gasteiger partial charge in [-0.2, -0.15) is 0 Å². The third kappa shape index (κ3) is 10.3. The second kappa shape index (κ2) is 19.2. The molecule has 0 bridgehead atoms. The van der Waals surface area contributed by atoms with Crippen molar-refractivity contribution in [3.63, 3.8) is 0 Å². The summed E-state index contributed by atoms with van der Waals surface area (Å²) in [6.07, 6.45) is 8.04. The number of esters is 2. The zero-order chi connectivity index (χ0) is 39.9. The molecule has 12 nitrogen and oxygen atoms in total. The lowest BCUT2D eigenvalue weighted by Gasteiger charge is -2.49. The second-order valence-electron chi connectivity index (χ2n) is 17.5. The lowest BCUT2D eigenvalue weighted by Crippen LogP contribution is -2.65. The number of benzene rings is 1. The molecule has 1 aromatic carbocycles. The quantitative estimate of drug-likeness (QED) is 0.138. The number of rotatable bonds is 10. The predicted molar refractivity (Wildman–Crippen MR) is 219 cm³/mol. The molecule has 1 saturated carbocycles. The van der Waals surface area contributed by atoms with Crippen LogP contribution in [0.4, 0.5) is 0 Å². The highest BCUT2D eigenvalue weighted by molar-refractivity contribution is 8.76. The van der Waals surface area contributed by atoms with Crippen LogP contribution in [-0.4, -0.2) is 107 Å². The van der Waals surface area contributed by atoms with E-state index in [0.717, 1.165) is 43.2 Å². The maximum absolute atomic E-state index is 15.0. The number of hydrogen-bond donors (Lipinski definition) is 6. The normalized spacial score (nSPS) is 32.4. The number of carbonyl (C=O) groups excluding carboxylic acids is 3. The van der Waals surface area contributed by atoms with Crippen LogP contribution in [0.5, 0.6) is 11.5 Å². The Kier molecular flexibility index (Phi) is 14.9. The maximum Gasteiger partial charge on any atom is 0.332 e. The van der Waals surface area contributed by atoms with Crippen molar-refractivity contribution in [2.45, 2.75) is 152 Å². The van der Waals surface area contributed by atoms with Crippen molar-refractivity contribution in [2.24, 2.45) is 17.3 Å². The number of hydrogen-bond acceptors (Lipinski definition) is 13. The van der Waals surface area contributed by atoms with E-state index >= 15 is 0 Å². The molecule has 0 radical (unpaired) electrons. The fourth-order valence-corrected chi connectivity index (χ4v) is 13.0.